The SMILES string of the molecule is CC(=O)Nc1ccc(Sc2c(NCC3CC3)cc(C(=O)O)cc2S(N)(=O)=O)cc1. The van der Waals surface area contributed by atoms with E-state index in [2.05, 4.69) is 10.6 Å². The fourth-order valence-electron chi connectivity index (χ4n) is 2.68. The van der Waals surface area contributed by atoms with Crippen LogP contribution in [0.4, 0.5) is 11.4 Å². The van der Waals surface area contributed by atoms with Gasteiger partial charge in [-0.3, -0.25) is 4.79 Å². The zero-order chi connectivity index (χ0) is 21.2. The summed E-state index contributed by atoms with van der Waals surface area (Å²) in [5.74, 6) is -0.936. The second-order valence-electron chi connectivity index (χ2n) is 6.83. The summed E-state index contributed by atoms with van der Waals surface area (Å²) in [6.45, 7) is 2.03. The number of carboxylic acid groups (broad SMARTS) is 1. The maximum Gasteiger partial charge on any atom is 0.335 e. The summed E-state index contributed by atoms with van der Waals surface area (Å²) in [5.41, 5.74) is 0.872. The van der Waals surface area contributed by atoms with Crippen LogP contribution in [0.2, 0.25) is 0 Å². The predicted molar refractivity (Wildman–Crippen MR) is 111 cm³/mol. The number of hydrogen-bond donors (Lipinski definition) is 4. The Kier molecular flexibility index (Phi) is 6.15. The molecule has 2 aromatic rings. The third-order valence-electron chi connectivity index (χ3n) is 4.28. The molecule has 0 unspecified atom stereocenters. The highest BCUT2D eigenvalue weighted by Gasteiger charge is 2.25. The van der Waals surface area contributed by atoms with Gasteiger partial charge in [0.05, 0.1) is 21.0 Å². The Bertz CT molecular complexity index is 1050. The Labute approximate surface area is 172 Å². The minimum absolute atomic E-state index is 0.155. The Morgan fingerprint density at radius 2 is 1.86 bits per heavy atom. The van der Waals surface area contributed by atoms with Gasteiger partial charge in [-0.2, -0.15) is 0 Å². The Morgan fingerprint density at radius 3 is 2.38 bits per heavy atom. The van der Waals surface area contributed by atoms with E-state index in [9.17, 15) is 23.1 Å². The van der Waals surface area contributed by atoms with E-state index in [0.29, 0.717) is 33.6 Å². The third-order valence-corrected chi connectivity index (χ3v) is 6.50. The maximum absolute atomic E-state index is 12.2. The molecule has 0 spiro atoms. The van der Waals surface area contributed by atoms with Crippen LogP contribution in [0.15, 0.2) is 51.1 Å². The van der Waals surface area contributed by atoms with E-state index in [1.807, 2.05) is 0 Å². The molecule has 3 rings (SSSR count). The number of amides is 1. The first-order valence-corrected chi connectivity index (χ1v) is 11.2. The largest absolute Gasteiger partial charge is 0.478 e. The van der Waals surface area contributed by atoms with Crippen molar-refractivity contribution in [2.24, 2.45) is 11.1 Å². The summed E-state index contributed by atoms with van der Waals surface area (Å²) in [6, 6.07) is 9.37. The molecule has 1 saturated carbocycles. The van der Waals surface area contributed by atoms with Gasteiger partial charge in [0.25, 0.3) is 0 Å². The fourth-order valence-corrected chi connectivity index (χ4v) is 4.72. The molecule has 1 amide bonds. The van der Waals surface area contributed by atoms with Gasteiger partial charge in [-0.1, -0.05) is 11.8 Å². The number of carbonyl (C=O) groups excluding carboxylic acids is 1. The van der Waals surface area contributed by atoms with Gasteiger partial charge >= 0.3 is 5.97 Å². The first-order chi connectivity index (χ1) is 13.6. The van der Waals surface area contributed by atoms with Crippen molar-refractivity contribution in [3.05, 3.63) is 42.0 Å². The number of anilines is 2. The number of nitrogens with two attached hydrogens (primary N) is 1. The second kappa shape index (κ2) is 8.44. The number of aromatic carboxylic acids is 1. The van der Waals surface area contributed by atoms with E-state index >= 15 is 0 Å². The Morgan fingerprint density at radius 1 is 1.21 bits per heavy atom. The van der Waals surface area contributed by atoms with Crippen molar-refractivity contribution in [3.63, 3.8) is 0 Å². The van der Waals surface area contributed by atoms with Crippen LogP contribution >= 0.6 is 11.8 Å². The molecule has 0 bridgehead atoms. The van der Waals surface area contributed by atoms with Gasteiger partial charge in [-0.05, 0) is 55.2 Å². The lowest BCUT2D eigenvalue weighted by atomic mass is 10.2. The van der Waals surface area contributed by atoms with Crippen molar-refractivity contribution < 1.29 is 23.1 Å². The van der Waals surface area contributed by atoms with Crippen LogP contribution in [0.25, 0.3) is 0 Å². The molecule has 0 radical (unpaired) electrons. The van der Waals surface area contributed by atoms with Crippen molar-refractivity contribution in [1.82, 2.24) is 0 Å². The highest BCUT2D eigenvalue weighted by atomic mass is 32.2. The summed E-state index contributed by atoms with van der Waals surface area (Å²) < 4.78 is 24.4. The quantitative estimate of drug-likeness (QED) is 0.500. The molecular formula is C19H21N3O5S2. The van der Waals surface area contributed by atoms with Crippen LogP contribution in [0, 0.1) is 5.92 Å². The van der Waals surface area contributed by atoms with Gasteiger partial charge in [0, 0.05) is 24.1 Å². The zero-order valence-corrected chi connectivity index (χ0v) is 17.3. The number of carbonyl (C=O) groups is 2. The van der Waals surface area contributed by atoms with Crippen LogP contribution in [0.1, 0.15) is 30.1 Å². The van der Waals surface area contributed by atoms with Gasteiger partial charge in [-0.25, -0.2) is 18.4 Å². The summed E-state index contributed by atoms with van der Waals surface area (Å²) in [7, 11) is -4.16. The number of carboxylic acids is 1. The van der Waals surface area contributed by atoms with E-state index < -0.39 is 16.0 Å². The number of hydrogen-bond acceptors (Lipinski definition) is 6. The average Bonchev–Trinajstić information content (AvgIpc) is 3.45. The number of rotatable bonds is 8. The molecule has 0 atom stereocenters. The Hall–Kier alpha value is -2.56. The average molecular weight is 436 g/mol. The smallest absolute Gasteiger partial charge is 0.335 e. The van der Waals surface area contributed by atoms with E-state index in [0.717, 1.165) is 30.7 Å². The van der Waals surface area contributed by atoms with Crippen molar-refractivity contribution in [1.29, 1.82) is 0 Å². The fraction of sp³-hybridized carbons (Fsp3) is 0.263. The van der Waals surface area contributed by atoms with Gasteiger partial charge in [0.15, 0.2) is 0 Å². The van der Waals surface area contributed by atoms with Crippen LogP contribution < -0.4 is 15.8 Å². The monoisotopic (exact) mass is 435 g/mol. The molecule has 5 N–H and O–H groups in total. The topological polar surface area (TPSA) is 139 Å². The first-order valence-electron chi connectivity index (χ1n) is 8.87. The summed E-state index contributed by atoms with van der Waals surface area (Å²) in [4.78, 5) is 23.4. The standard InChI is InChI=1S/C19H21N3O5S2/c1-11(23)22-14-4-6-15(7-5-14)28-18-16(21-10-12-2-3-12)8-13(19(24)25)9-17(18)29(20,26)27/h4-9,12,21H,2-3,10H2,1H3,(H,22,23)(H,24,25)(H2,20,26,27). The molecule has 0 aromatic heterocycles. The summed E-state index contributed by atoms with van der Waals surface area (Å²) in [6.07, 6.45) is 2.17. The molecule has 0 saturated heterocycles. The third kappa shape index (κ3) is 5.72. The lowest BCUT2D eigenvalue weighted by Crippen LogP contribution is -2.16. The van der Waals surface area contributed by atoms with Crippen molar-refractivity contribution in [2.45, 2.75) is 34.5 Å². The molecule has 1 aliphatic rings. The van der Waals surface area contributed by atoms with Gasteiger partial charge < -0.3 is 15.7 Å². The molecule has 154 valence electrons. The number of sulfonamides is 1. The van der Waals surface area contributed by atoms with Crippen LogP contribution in [0.3, 0.4) is 0 Å². The minimum Gasteiger partial charge on any atom is -0.478 e. The second-order valence-corrected chi connectivity index (χ2v) is 9.45. The van der Waals surface area contributed by atoms with E-state index in [1.54, 1.807) is 24.3 Å². The van der Waals surface area contributed by atoms with Crippen molar-refractivity contribution in [3.8, 4) is 0 Å². The molecule has 8 nitrogen and oxygen atoms in total. The number of primary sulfonamides is 1. The Balaban J connectivity index is 2.01. The maximum atomic E-state index is 12.2. The van der Waals surface area contributed by atoms with E-state index in [-0.39, 0.29) is 16.4 Å². The summed E-state index contributed by atoms with van der Waals surface area (Å²) >= 11 is 1.16. The van der Waals surface area contributed by atoms with Gasteiger partial charge in [0.2, 0.25) is 15.9 Å². The molecule has 2 aromatic carbocycles. The van der Waals surface area contributed by atoms with Gasteiger partial charge in [-0.15, -0.1) is 0 Å². The summed E-state index contributed by atoms with van der Waals surface area (Å²) in [5, 5.41) is 20.6. The van der Waals surface area contributed by atoms with Gasteiger partial charge in [0.1, 0.15) is 0 Å². The first kappa shape index (κ1) is 21.2. The zero-order valence-electron chi connectivity index (χ0n) is 15.6. The number of nitrogens with one attached hydrogen (secondary N) is 2. The molecule has 29 heavy (non-hydrogen) atoms. The molecule has 1 aliphatic carbocycles. The minimum atomic E-state index is -4.16. The predicted octanol–water partition coefficient (Wildman–Crippen LogP) is 2.96. The van der Waals surface area contributed by atoms with E-state index in [4.69, 9.17) is 5.14 Å². The molecule has 10 heteroatoms. The highest BCUT2D eigenvalue weighted by Crippen LogP contribution is 2.40. The lowest BCUT2D eigenvalue weighted by molar-refractivity contribution is -0.114. The molecule has 1 fully saturated rings. The number of benzene rings is 2. The van der Waals surface area contributed by atoms with Crippen molar-refractivity contribution in [2.75, 3.05) is 17.2 Å². The normalized spacial score (nSPS) is 13.7. The lowest BCUT2D eigenvalue weighted by Gasteiger charge is -2.16. The van der Waals surface area contributed by atoms with Crippen LogP contribution in [-0.4, -0.2) is 31.9 Å². The van der Waals surface area contributed by atoms with E-state index in [1.165, 1.54) is 13.0 Å². The van der Waals surface area contributed by atoms with Crippen molar-refractivity contribution >= 4 is 45.0 Å². The van der Waals surface area contributed by atoms with Crippen LogP contribution in [0.5, 0.6) is 0 Å². The molecule has 0 heterocycles. The molecule has 0 aliphatic heterocycles. The van der Waals surface area contributed by atoms with Crippen LogP contribution in [-0.2, 0) is 14.8 Å². The highest BCUT2D eigenvalue weighted by molar-refractivity contribution is 8.00. The molecular weight excluding hydrogens is 414 g/mol.